The van der Waals surface area contributed by atoms with Crippen LogP contribution in [0.2, 0.25) is 0 Å². The summed E-state index contributed by atoms with van der Waals surface area (Å²) in [6, 6.07) is 3.20. The van der Waals surface area contributed by atoms with Crippen LogP contribution >= 0.6 is 0 Å². The molecule has 3 rings (SSSR count). The number of nitriles is 1. The Bertz CT molecular complexity index is 843. The molecule has 1 saturated carbocycles. The number of hydrogen-bond donors (Lipinski definition) is 0. The Labute approximate surface area is 163 Å². The summed E-state index contributed by atoms with van der Waals surface area (Å²) in [6.07, 6.45) is 23.5. The molecule has 0 radical (unpaired) electrons. The number of hydrogen-bond acceptors (Lipinski definition) is 2. The lowest BCUT2D eigenvalue weighted by Crippen LogP contribution is -2.32. The number of nitrogens with zero attached hydrogens (tertiary/aromatic N) is 3. The fraction of sp³-hybridized carbons (Fsp3) is 0.417. The third-order valence-corrected chi connectivity index (χ3v) is 6.07. The summed E-state index contributed by atoms with van der Waals surface area (Å²) < 4.78 is 2.28. The van der Waals surface area contributed by atoms with Crippen molar-refractivity contribution >= 4 is 0 Å². The second-order valence-electron chi connectivity index (χ2n) is 7.48. The molecular formula is C24H29N3. The molecule has 2 unspecified atom stereocenters. The molecule has 1 aromatic heterocycles. The monoisotopic (exact) mass is 359 g/mol. The maximum Gasteiger partial charge on any atom is 0.106 e. The molecule has 1 aromatic rings. The smallest absolute Gasteiger partial charge is 0.106 e. The zero-order chi connectivity index (χ0) is 19.3. The van der Waals surface area contributed by atoms with Gasteiger partial charge in [-0.15, -0.1) is 0 Å². The molecule has 2 aliphatic carbocycles. The van der Waals surface area contributed by atoms with Crippen LogP contribution in [0.3, 0.4) is 0 Å². The van der Waals surface area contributed by atoms with Gasteiger partial charge in [-0.1, -0.05) is 49.1 Å². The second kappa shape index (κ2) is 8.39. The number of imidazole rings is 1. The second-order valence-corrected chi connectivity index (χ2v) is 7.48. The zero-order valence-corrected chi connectivity index (χ0v) is 16.4. The Morgan fingerprint density at radius 2 is 2.30 bits per heavy atom. The van der Waals surface area contributed by atoms with Crippen molar-refractivity contribution < 1.29 is 0 Å². The van der Waals surface area contributed by atoms with Crippen molar-refractivity contribution in [3.05, 3.63) is 78.5 Å². The summed E-state index contributed by atoms with van der Waals surface area (Å²) in [5.41, 5.74) is 1.72. The Hall–Kier alpha value is -2.60. The first-order valence-electron chi connectivity index (χ1n) is 9.90. The van der Waals surface area contributed by atoms with Gasteiger partial charge in [0.05, 0.1) is 6.07 Å². The maximum atomic E-state index is 10.5. The minimum Gasteiger partial charge on any atom is -0.332 e. The highest BCUT2D eigenvalue weighted by Gasteiger charge is 2.47. The topological polar surface area (TPSA) is 41.6 Å². The minimum absolute atomic E-state index is 0.287. The molecule has 27 heavy (non-hydrogen) atoms. The largest absolute Gasteiger partial charge is 0.332 e. The van der Waals surface area contributed by atoms with Gasteiger partial charge in [0.25, 0.3) is 0 Å². The molecule has 3 nitrogen and oxygen atoms in total. The van der Waals surface area contributed by atoms with Gasteiger partial charge in [0.15, 0.2) is 0 Å². The van der Waals surface area contributed by atoms with E-state index in [1.165, 1.54) is 5.57 Å². The summed E-state index contributed by atoms with van der Waals surface area (Å²) in [7, 11) is 0. The maximum absolute atomic E-state index is 10.5. The Kier molecular flexibility index (Phi) is 5.96. The van der Waals surface area contributed by atoms with E-state index in [-0.39, 0.29) is 5.92 Å². The van der Waals surface area contributed by atoms with E-state index < -0.39 is 5.41 Å². The van der Waals surface area contributed by atoms with E-state index in [1.807, 2.05) is 31.3 Å². The summed E-state index contributed by atoms with van der Waals surface area (Å²) in [5.74, 6) is 1.34. The van der Waals surface area contributed by atoms with Gasteiger partial charge in [0, 0.05) is 18.4 Å². The van der Waals surface area contributed by atoms with Crippen LogP contribution < -0.4 is 0 Å². The molecule has 140 valence electrons. The molecule has 1 fully saturated rings. The van der Waals surface area contributed by atoms with Crippen LogP contribution in [-0.2, 0) is 0 Å². The fourth-order valence-corrected chi connectivity index (χ4v) is 4.84. The van der Waals surface area contributed by atoms with Crippen molar-refractivity contribution in [2.24, 2.45) is 11.3 Å². The van der Waals surface area contributed by atoms with E-state index in [2.05, 4.69) is 59.6 Å². The summed E-state index contributed by atoms with van der Waals surface area (Å²) >= 11 is 0. The summed E-state index contributed by atoms with van der Waals surface area (Å²) in [4.78, 5) is 4.39. The van der Waals surface area contributed by atoms with Gasteiger partial charge in [-0.05, 0) is 63.0 Å². The van der Waals surface area contributed by atoms with Crippen molar-refractivity contribution in [1.82, 2.24) is 9.55 Å². The fourth-order valence-electron chi connectivity index (χ4n) is 4.84. The third kappa shape index (κ3) is 3.49. The van der Waals surface area contributed by atoms with E-state index in [9.17, 15) is 5.26 Å². The van der Waals surface area contributed by atoms with Crippen molar-refractivity contribution in [2.45, 2.75) is 52.0 Å². The number of aromatic nitrogens is 2. The first-order valence-corrected chi connectivity index (χ1v) is 9.90. The summed E-state index contributed by atoms with van der Waals surface area (Å²) in [5, 5.41) is 10.5. The molecule has 0 spiro atoms. The van der Waals surface area contributed by atoms with Crippen LogP contribution in [0.25, 0.3) is 0 Å². The van der Waals surface area contributed by atoms with Crippen molar-refractivity contribution in [2.75, 3.05) is 0 Å². The van der Waals surface area contributed by atoms with Crippen molar-refractivity contribution in [3.63, 3.8) is 0 Å². The predicted molar refractivity (Wildman–Crippen MR) is 111 cm³/mol. The molecule has 3 atom stereocenters. The van der Waals surface area contributed by atoms with Crippen LogP contribution in [0.4, 0.5) is 0 Å². The minimum atomic E-state index is -0.589. The van der Waals surface area contributed by atoms with Gasteiger partial charge in [-0.3, -0.25) is 0 Å². The Balaban J connectivity index is 2.05. The van der Waals surface area contributed by atoms with Crippen molar-refractivity contribution in [1.29, 1.82) is 5.26 Å². The van der Waals surface area contributed by atoms with Gasteiger partial charge >= 0.3 is 0 Å². The highest BCUT2D eigenvalue weighted by Crippen LogP contribution is 2.54. The zero-order valence-electron chi connectivity index (χ0n) is 16.4. The molecule has 0 aliphatic heterocycles. The van der Waals surface area contributed by atoms with Crippen LogP contribution in [-0.4, -0.2) is 9.55 Å². The molecular weight excluding hydrogens is 330 g/mol. The van der Waals surface area contributed by atoms with Gasteiger partial charge < -0.3 is 4.57 Å². The highest BCUT2D eigenvalue weighted by molar-refractivity contribution is 5.47. The van der Waals surface area contributed by atoms with Crippen LogP contribution in [0.1, 0.15) is 50.9 Å². The molecule has 0 bridgehead atoms. The van der Waals surface area contributed by atoms with Gasteiger partial charge in [0.2, 0.25) is 0 Å². The predicted octanol–water partition coefficient (Wildman–Crippen LogP) is 6.01. The first-order chi connectivity index (χ1) is 13.2. The van der Waals surface area contributed by atoms with E-state index >= 15 is 0 Å². The quantitative estimate of drug-likeness (QED) is 0.584. The lowest BCUT2D eigenvalue weighted by molar-refractivity contribution is 0.328. The Morgan fingerprint density at radius 3 is 2.89 bits per heavy atom. The molecule has 1 heterocycles. The lowest BCUT2D eigenvalue weighted by atomic mass is 9.63. The van der Waals surface area contributed by atoms with Crippen LogP contribution in [0.15, 0.2) is 72.7 Å². The van der Waals surface area contributed by atoms with E-state index in [1.54, 1.807) is 0 Å². The van der Waals surface area contributed by atoms with Crippen LogP contribution in [0, 0.1) is 29.6 Å². The van der Waals surface area contributed by atoms with E-state index in [4.69, 9.17) is 0 Å². The Morgan fingerprint density at radius 1 is 1.44 bits per heavy atom. The molecule has 0 amide bonds. The van der Waals surface area contributed by atoms with Gasteiger partial charge in [-0.25, -0.2) is 4.98 Å². The first kappa shape index (κ1) is 19.2. The van der Waals surface area contributed by atoms with E-state index in [0.717, 1.165) is 43.5 Å². The number of aryl methyl sites for hydroxylation is 1. The average Bonchev–Trinajstić information content (AvgIpc) is 3.33. The third-order valence-electron chi connectivity index (χ3n) is 6.07. The molecule has 0 aromatic carbocycles. The molecule has 2 aliphatic rings. The normalized spacial score (nSPS) is 25.2. The van der Waals surface area contributed by atoms with E-state index in [0.29, 0.717) is 6.04 Å². The number of rotatable bonds is 6. The molecule has 0 saturated heterocycles. The van der Waals surface area contributed by atoms with Crippen LogP contribution in [0.5, 0.6) is 0 Å². The number of allylic oxidation sites excluding steroid dienone is 9. The molecule has 0 N–H and O–H groups in total. The van der Waals surface area contributed by atoms with Crippen molar-refractivity contribution in [3.8, 4) is 6.07 Å². The highest BCUT2D eigenvalue weighted by atomic mass is 15.1. The SMILES string of the molecule is C=C/C=C(\C=C/C)[C@](C#N)(C1=CC=CCC1)C1CCC(n2ccnc2C)C1. The van der Waals surface area contributed by atoms with Gasteiger partial charge in [0.1, 0.15) is 11.2 Å². The molecule has 3 heteroatoms. The van der Waals surface area contributed by atoms with Gasteiger partial charge in [-0.2, -0.15) is 5.26 Å². The summed E-state index contributed by atoms with van der Waals surface area (Å²) in [6.45, 7) is 7.98. The average molecular weight is 360 g/mol. The standard InChI is InChI=1S/C24H29N3/c1-4-9-20(10-5-2)24(18-25,21-11-7-6-8-12-21)22-13-14-23(17-22)27-16-15-26-19(27)3/h4-7,9-11,15-16,22-23H,1,8,12-14,17H2,2-3H3/b10-5-,20-9+/t22?,23?,24-/m1/s1. The lowest BCUT2D eigenvalue weighted by Gasteiger charge is -2.37.